The second-order valence-corrected chi connectivity index (χ2v) is 5.73. The van der Waals surface area contributed by atoms with Crippen molar-refractivity contribution in [1.29, 1.82) is 0 Å². The summed E-state index contributed by atoms with van der Waals surface area (Å²) in [4.78, 5) is 0. The van der Waals surface area contributed by atoms with E-state index in [0.29, 0.717) is 11.8 Å². The lowest BCUT2D eigenvalue weighted by molar-refractivity contribution is -0.136. The zero-order chi connectivity index (χ0) is 13.2. The first-order valence-electron chi connectivity index (χ1n) is 5.79. The molecule has 1 unspecified atom stereocenters. The fourth-order valence-corrected chi connectivity index (χ4v) is 3.18. The molecule has 1 fully saturated rings. The summed E-state index contributed by atoms with van der Waals surface area (Å²) in [6, 6.07) is 3.86. The van der Waals surface area contributed by atoms with Gasteiger partial charge in [0.2, 0.25) is 0 Å². The highest BCUT2D eigenvalue weighted by Gasteiger charge is 2.33. The van der Waals surface area contributed by atoms with Crippen LogP contribution in [0.25, 0.3) is 0 Å². The summed E-state index contributed by atoms with van der Waals surface area (Å²) >= 11 is 1.81. The lowest BCUT2D eigenvalue weighted by Gasteiger charge is -2.17. The molecule has 0 spiro atoms. The van der Waals surface area contributed by atoms with E-state index in [-0.39, 0.29) is 11.4 Å². The number of nitrogens with one attached hydrogen (secondary N) is 1. The van der Waals surface area contributed by atoms with Gasteiger partial charge in [-0.3, -0.25) is 0 Å². The topological polar surface area (TPSA) is 38.0 Å². The number of alkyl halides is 3. The minimum Gasteiger partial charge on any atom is -0.399 e. The zero-order valence-electron chi connectivity index (χ0n) is 9.76. The van der Waals surface area contributed by atoms with E-state index < -0.39 is 11.7 Å². The van der Waals surface area contributed by atoms with Gasteiger partial charge in [-0.05, 0) is 36.8 Å². The fraction of sp³-hybridized carbons (Fsp3) is 0.500. The number of halogens is 3. The Bertz CT molecular complexity index is 414. The molecular weight excluding hydrogens is 261 g/mol. The van der Waals surface area contributed by atoms with Crippen molar-refractivity contribution in [3.05, 3.63) is 23.8 Å². The van der Waals surface area contributed by atoms with Crippen molar-refractivity contribution in [1.82, 2.24) is 0 Å². The third kappa shape index (κ3) is 3.25. The van der Waals surface area contributed by atoms with E-state index >= 15 is 0 Å². The van der Waals surface area contributed by atoms with Gasteiger partial charge in [-0.25, -0.2) is 0 Å². The van der Waals surface area contributed by atoms with Gasteiger partial charge in [-0.2, -0.15) is 24.9 Å². The van der Waals surface area contributed by atoms with Crippen LogP contribution in [0.2, 0.25) is 0 Å². The van der Waals surface area contributed by atoms with Crippen molar-refractivity contribution in [2.24, 2.45) is 0 Å². The zero-order valence-corrected chi connectivity index (χ0v) is 10.6. The maximum Gasteiger partial charge on any atom is 0.418 e. The number of rotatable bonds is 3. The van der Waals surface area contributed by atoms with Gasteiger partial charge < -0.3 is 11.1 Å². The summed E-state index contributed by atoms with van der Waals surface area (Å²) in [5.41, 5.74) is 4.96. The third-order valence-electron chi connectivity index (χ3n) is 2.89. The molecule has 2 nitrogen and oxygen atoms in total. The molecule has 1 atom stereocenters. The first kappa shape index (κ1) is 13.4. The molecule has 1 heterocycles. The average Bonchev–Trinajstić information content (AvgIpc) is 2.79. The molecule has 0 aliphatic carbocycles. The first-order chi connectivity index (χ1) is 8.47. The van der Waals surface area contributed by atoms with Crippen molar-refractivity contribution in [2.45, 2.75) is 24.3 Å². The Morgan fingerprint density at radius 1 is 1.39 bits per heavy atom. The molecule has 100 valence electrons. The molecule has 0 radical (unpaired) electrons. The van der Waals surface area contributed by atoms with E-state index in [0.717, 1.165) is 24.7 Å². The predicted octanol–water partition coefficient (Wildman–Crippen LogP) is 3.60. The van der Waals surface area contributed by atoms with E-state index in [2.05, 4.69) is 5.32 Å². The maximum atomic E-state index is 12.8. The molecule has 6 heteroatoms. The minimum absolute atomic E-state index is 0.115. The molecule has 0 amide bonds. The van der Waals surface area contributed by atoms with Crippen LogP contribution in [0.4, 0.5) is 24.5 Å². The Balaban J connectivity index is 2.11. The van der Waals surface area contributed by atoms with Gasteiger partial charge in [-0.15, -0.1) is 0 Å². The van der Waals surface area contributed by atoms with E-state index in [1.807, 2.05) is 11.8 Å². The van der Waals surface area contributed by atoms with Crippen molar-refractivity contribution in [3.8, 4) is 0 Å². The summed E-state index contributed by atoms with van der Waals surface area (Å²) in [5.74, 6) is 1.10. The molecule has 1 aliphatic rings. The first-order valence-corrected chi connectivity index (χ1v) is 6.84. The largest absolute Gasteiger partial charge is 0.418 e. The number of anilines is 2. The minimum atomic E-state index is -4.37. The van der Waals surface area contributed by atoms with Crippen LogP contribution in [0.15, 0.2) is 18.2 Å². The summed E-state index contributed by atoms with van der Waals surface area (Å²) in [6.07, 6.45) is -2.17. The highest BCUT2D eigenvalue weighted by atomic mass is 32.2. The number of hydrogen-bond acceptors (Lipinski definition) is 3. The Hall–Kier alpha value is -1.04. The van der Waals surface area contributed by atoms with Crippen molar-refractivity contribution >= 4 is 23.1 Å². The second kappa shape index (κ2) is 5.30. The molecule has 1 aromatic carbocycles. The highest BCUT2D eigenvalue weighted by molar-refractivity contribution is 8.00. The molecule has 0 bridgehead atoms. The summed E-state index contributed by atoms with van der Waals surface area (Å²) in [6.45, 7) is 0.567. The Morgan fingerprint density at radius 2 is 2.17 bits per heavy atom. The fourth-order valence-electron chi connectivity index (χ4n) is 1.98. The number of nitrogens with two attached hydrogens (primary N) is 1. The lowest BCUT2D eigenvalue weighted by atomic mass is 10.1. The van der Waals surface area contributed by atoms with Crippen LogP contribution in [0.5, 0.6) is 0 Å². The molecule has 18 heavy (non-hydrogen) atoms. The smallest absolute Gasteiger partial charge is 0.399 e. The van der Waals surface area contributed by atoms with E-state index in [1.54, 1.807) is 0 Å². The van der Waals surface area contributed by atoms with E-state index in [9.17, 15) is 13.2 Å². The molecule has 1 saturated heterocycles. The molecular formula is C12H15F3N2S. The van der Waals surface area contributed by atoms with Crippen LogP contribution in [0.1, 0.15) is 18.4 Å². The van der Waals surface area contributed by atoms with Crippen molar-refractivity contribution in [2.75, 3.05) is 23.3 Å². The number of nitrogen functional groups attached to an aromatic ring is 1. The Labute approximate surface area is 108 Å². The summed E-state index contributed by atoms with van der Waals surface area (Å²) in [7, 11) is 0. The maximum absolute atomic E-state index is 12.8. The standard InChI is InChI=1S/C12H15F3N2S/c13-12(14,15)10-6-8(16)3-4-11(10)17-7-9-2-1-5-18-9/h3-4,6,9,17H,1-2,5,7,16H2. The van der Waals surface area contributed by atoms with E-state index in [4.69, 9.17) is 5.73 Å². The van der Waals surface area contributed by atoms with Crippen LogP contribution < -0.4 is 11.1 Å². The van der Waals surface area contributed by atoms with Crippen LogP contribution in [-0.4, -0.2) is 17.5 Å². The second-order valence-electron chi connectivity index (χ2n) is 4.32. The number of thioether (sulfide) groups is 1. The molecule has 1 aromatic rings. The monoisotopic (exact) mass is 276 g/mol. The van der Waals surface area contributed by atoms with Crippen molar-refractivity contribution in [3.63, 3.8) is 0 Å². The summed E-state index contributed by atoms with van der Waals surface area (Å²) < 4.78 is 38.5. The van der Waals surface area contributed by atoms with Crippen LogP contribution in [0.3, 0.4) is 0 Å². The number of hydrogen-bond donors (Lipinski definition) is 2. The van der Waals surface area contributed by atoms with Crippen LogP contribution in [0, 0.1) is 0 Å². The van der Waals surface area contributed by atoms with Gasteiger partial charge >= 0.3 is 6.18 Å². The van der Waals surface area contributed by atoms with Gasteiger partial charge in [0.1, 0.15) is 0 Å². The normalized spacial score (nSPS) is 20.1. The Morgan fingerprint density at radius 3 is 2.78 bits per heavy atom. The lowest BCUT2D eigenvalue weighted by Crippen LogP contribution is -2.17. The average molecular weight is 276 g/mol. The molecule has 0 aromatic heterocycles. The quantitative estimate of drug-likeness (QED) is 0.828. The third-order valence-corrected chi connectivity index (χ3v) is 4.29. The van der Waals surface area contributed by atoms with Crippen molar-refractivity contribution < 1.29 is 13.2 Å². The molecule has 1 aliphatic heterocycles. The summed E-state index contributed by atoms with van der Waals surface area (Å²) in [5, 5.41) is 3.30. The van der Waals surface area contributed by atoms with Gasteiger partial charge in [-0.1, -0.05) is 0 Å². The Kier molecular flexibility index (Phi) is 3.94. The van der Waals surface area contributed by atoms with Gasteiger partial charge in [0, 0.05) is 23.2 Å². The highest BCUT2D eigenvalue weighted by Crippen LogP contribution is 2.36. The van der Waals surface area contributed by atoms with E-state index in [1.165, 1.54) is 12.1 Å². The predicted molar refractivity (Wildman–Crippen MR) is 69.8 cm³/mol. The molecule has 3 N–H and O–H groups in total. The van der Waals surface area contributed by atoms with Gasteiger partial charge in [0.05, 0.1) is 5.56 Å². The molecule has 0 saturated carbocycles. The number of benzene rings is 1. The SMILES string of the molecule is Nc1ccc(NCC2CCCS2)c(C(F)(F)F)c1. The molecule has 2 rings (SSSR count). The van der Waals surface area contributed by atoms with Gasteiger partial charge in [0.15, 0.2) is 0 Å². The van der Waals surface area contributed by atoms with Crippen LogP contribution in [-0.2, 0) is 6.18 Å². The van der Waals surface area contributed by atoms with Crippen LogP contribution >= 0.6 is 11.8 Å². The van der Waals surface area contributed by atoms with Gasteiger partial charge in [0.25, 0.3) is 0 Å².